The number of hydrogen-bond donors (Lipinski definition) is 2. The van der Waals surface area contributed by atoms with E-state index in [9.17, 15) is 23.9 Å². The van der Waals surface area contributed by atoms with E-state index in [-0.39, 0.29) is 48.8 Å². The zero-order valence-electron chi connectivity index (χ0n) is 22.3. The van der Waals surface area contributed by atoms with Crippen LogP contribution in [0.4, 0.5) is 4.39 Å². The summed E-state index contributed by atoms with van der Waals surface area (Å²) in [6.07, 6.45) is 5.57. The van der Waals surface area contributed by atoms with Gasteiger partial charge in [-0.05, 0) is 31.8 Å². The van der Waals surface area contributed by atoms with Crippen molar-refractivity contribution in [1.82, 2.24) is 20.4 Å². The number of fused-ring (bicyclic) bond motifs is 3. The highest BCUT2D eigenvalue weighted by molar-refractivity contribution is 5.94. The highest BCUT2D eigenvalue weighted by Crippen LogP contribution is 2.25. The molecule has 2 aliphatic heterocycles. The molecule has 1 aromatic heterocycles. The molecular weight excluding hydrogens is 495 g/mol. The van der Waals surface area contributed by atoms with E-state index in [1.807, 2.05) is 20.8 Å². The number of alkyl halides is 1. The Labute approximate surface area is 222 Å². The van der Waals surface area contributed by atoms with E-state index in [2.05, 4.69) is 15.5 Å². The number of rotatable bonds is 1. The molecule has 0 aliphatic carbocycles. The summed E-state index contributed by atoms with van der Waals surface area (Å²) in [5, 5.41) is 16.7. The number of ether oxygens (including phenoxy) is 1. The first-order chi connectivity index (χ1) is 18.0. The third-order valence-electron chi connectivity index (χ3n) is 6.55. The van der Waals surface area contributed by atoms with Gasteiger partial charge in [0.1, 0.15) is 18.3 Å². The summed E-state index contributed by atoms with van der Waals surface area (Å²) in [7, 11) is 0. The van der Waals surface area contributed by atoms with Gasteiger partial charge >= 0.3 is 5.97 Å². The quantitative estimate of drug-likeness (QED) is 0.527. The minimum atomic E-state index is -1.49. The number of halogens is 1. The number of cyclic esters (lactones) is 1. The lowest BCUT2D eigenvalue weighted by atomic mass is 9.94. The van der Waals surface area contributed by atoms with E-state index in [1.54, 1.807) is 25.2 Å². The second-order valence-electron chi connectivity index (χ2n) is 10.2. The number of aliphatic hydroxyl groups excluding tert-OH is 1. The van der Waals surface area contributed by atoms with Gasteiger partial charge < -0.3 is 24.6 Å². The summed E-state index contributed by atoms with van der Waals surface area (Å²) in [5.41, 5.74) is 0.703. The number of aromatic nitrogens is 2. The molecule has 38 heavy (non-hydrogen) atoms. The van der Waals surface area contributed by atoms with Crippen LogP contribution < -0.4 is 5.32 Å². The van der Waals surface area contributed by atoms with Crippen molar-refractivity contribution in [2.75, 3.05) is 13.1 Å². The molecule has 0 saturated carbocycles. The number of allylic oxidation sites excluding steroid dienone is 2. The molecule has 1 saturated heterocycles. The Morgan fingerprint density at radius 3 is 2.74 bits per heavy atom. The van der Waals surface area contributed by atoms with Crippen LogP contribution in [0, 0.1) is 11.8 Å². The number of esters is 1. The van der Waals surface area contributed by atoms with Crippen molar-refractivity contribution in [2.24, 2.45) is 11.8 Å². The van der Waals surface area contributed by atoms with Crippen molar-refractivity contribution in [1.29, 1.82) is 0 Å². The number of nitrogens with zero attached hydrogens (tertiary/aromatic N) is 3. The van der Waals surface area contributed by atoms with E-state index >= 15 is 0 Å². The number of hydrogen-bond acceptors (Lipinski definition) is 8. The normalized spacial score (nSPS) is 31.7. The molecule has 0 unspecified atom stereocenters. The van der Waals surface area contributed by atoms with Gasteiger partial charge in [0.05, 0.1) is 12.5 Å². The predicted molar refractivity (Wildman–Crippen MR) is 137 cm³/mol. The fourth-order valence-electron chi connectivity index (χ4n) is 4.64. The summed E-state index contributed by atoms with van der Waals surface area (Å²) in [6.45, 7) is 8.04. The SMILES string of the molecule is CC1=C\[C@@H](O)C[C@@H](F)Cc2nc(no2)C(=O)N2CCC[C@@H]2C(=O)O[C@H](C(C)C)[C@H](C)/C=C/C(=O)NC\C=C\1. The molecule has 0 radical (unpaired) electrons. The van der Waals surface area contributed by atoms with Gasteiger partial charge in [0.25, 0.3) is 11.7 Å². The van der Waals surface area contributed by atoms with E-state index in [1.165, 1.54) is 17.1 Å². The lowest BCUT2D eigenvalue weighted by molar-refractivity contribution is -0.158. The first kappa shape index (κ1) is 29.2. The molecule has 208 valence electrons. The zero-order chi connectivity index (χ0) is 27.8. The first-order valence-electron chi connectivity index (χ1n) is 13.0. The molecule has 10 nitrogen and oxygen atoms in total. The van der Waals surface area contributed by atoms with E-state index < -0.39 is 36.3 Å². The van der Waals surface area contributed by atoms with Crippen molar-refractivity contribution < 1.29 is 33.1 Å². The third-order valence-corrected chi connectivity index (χ3v) is 6.55. The highest BCUT2D eigenvalue weighted by atomic mass is 19.1. The van der Waals surface area contributed by atoms with Crippen LogP contribution in [0.3, 0.4) is 0 Å². The van der Waals surface area contributed by atoms with Crippen LogP contribution in [-0.4, -0.2) is 75.4 Å². The van der Waals surface area contributed by atoms with E-state index in [0.29, 0.717) is 25.0 Å². The topological polar surface area (TPSA) is 135 Å². The molecule has 3 heterocycles. The van der Waals surface area contributed by atoms with Gasteiger partial charge in [-0.1, -0.05) is 55.8 Å². The number of carbonyl (C=O) groups is 3. The fraction of sp³-hybridized carbons (Fsp3) is 0.593. The number of aliphatic hydroxyl groups is 1. The molecule has 3 rings (SSSR count). The average Bonchev–Trinajstić information content (AvgIpc) is 3.52. The van der Waals surface area contributed by atoms with Gasteiger partial charge in [-0.15, -0.1) is 0 Å². The molecule has 2 bridgehead atoms. The molecule has 2 aliphatic rings. The molecule has 0 spiro atoms. The van der Waals surface area contributed by atoms with Crippen LogP contribution in [0.15, 0.2) is 40.5 Å². The minimum absolute atomic E-state index is 0.0387. The van der Waals surface area contributed by atoms with Crippen molar-refractivity contribution in [3.63, 3.8) is 0 Å². The average molecular weight is 533 g/mol. The van der Waals surface area contributed by atoms with Crippen LogP contribution >= 0.6 is 0 Å². The Kier molecular flexibility index (Phi) is 10.3. The standard InChI is InChI=1S/C27H37FN4O6/c1-16(2)24-18(4)9-10-22(34)29-11-5-7-17(3)13-20(33)14-19(28)15-23-30-25(31-38-23)26(35)32-12-6-8-21(32)27(36)37-24/h5,7,9-10,13,16,18-21,24,33H,6,8,11-12,14-15H2,1-4H3,(H,29,34)/b7-5+,10-9+,17-13+/t18-,19-,20-,21-,24-/m1/s1. The molecule has 5 atom stereocenters. The maximum absolute atomic E-state index is 14.6. The van der Waals surface area contributed by atoms with E-state index in [4.69, 9.17) is 9.26 Å². The summed E-state index contributed by atoms with van der Waals surface area (Å²) in [4.78, 5) is 43.9. The Hall–Kier alpha value is -3.34. The van der Waals surface area contributed by atoms with Gasteiger partial charge in [-0.3, -0.25) is 9.59 Å². The molecule has 1 fully saturated rings. The third kappa shape index (κ3) is 8.08. The van der Waals surface area contributed by atoms with Crippen molar-refractivity contribution in [3.05, 3.63) is 47.7 Å². The van der Waals surface area contributed by atoms with E-state index in [0.717, 1.165) is 0 Å². The number of carbonyl (C=O) groups excluding carboxylic acids is 3. The monoisotopic (exact) mass is 532 g/mol. The number of amides is 2. The van der Waals surface area contributed by atoms with Gasteiger partial charge in [0.15, 0.2) is 0 Å². The molecule has 2 amide bonds. The Bertz CT molecular complexity index is 1080. The van der Waals surface area contributed by atoms with Gasteiger partial charge in [0, 0.05) is 25.4 Å². The van der Waals surface area contributed by atoms with Crippen LogP contribution in [0.25, 0.3) is 0 Å². The molecule has 11 heteroatoms. The summed E-state index contributed by atoms with van der Waals surface area (Å²) in [5.74, 6) is -2.05. The Balaban J connectivity index is 1.85. The molecule has 0 aromatic carbocycles. The van der Waals surface area contributed by atoms with Crippen LogP contribution in [0.5, 0.6) is 0 Å². The second-order valence-corrected chi connectivity index (χ2v) is 10.2. The van der Waals surface area contributed by atoms with Crippen molar-refractivity contribution in [2.45, 2.75) is 77.8 Å². The van der Waals surface area contributed by atoms with Crippen molar-refractivity contribution in [3.8, 4) is 0 Å². The van der Waals surface area contributed by atoms with Crippen molar-refractivity contribution >= 4 is 17.8 Å². The highest BCUT2D eigenvalue weighted by Gasteiger charge is 2.39. The smallest absolute Gasteiger partial charge is 0.329 e. The minimum Gasteiger partial charge on any atom is -0.460 e. The van der Waals surface area contributed by atoms with Gasteiger partial charge in [-0.2, -0.15) is 4.98 Å². The fourth-order valence-corrected chi connectivity index (χ4v) is 4.64. The second kappa shape index (κ2) is 13.5. The van der Waals surface area contributed by atoms with Crippen LogP contribution in [0.2, 0.25) is 0 Å². The lowest BCUT2D eigenvalue weighted by Gasteiger charge is -2.29. The first-order valence-corrected chi connectivity index (χ1v) is 13.0. The molecular formula is C27H37FN4O6. The lowest BCUT2D eigenvalue weighted by Crippen LogP contribution is -2.44. The summed E-state index contributed by atoms with van der Waals surface area (Å²) >= 11 is 0. The molecule has 2 N–H and O–H groups in total. The molecule has 1 aromatic rings. The predicted octanol–water partition coefficient (Wildman–Crippen LogP) is 2.70. The van der Waals surface area contributed by atoms with Crippen LogP contribution in [0.1, 0.15) is 63.5 Å². The maximum atomic E-state index is 14.6. The van der Waals surface area contributed by atoms with Gasteiger partial charge in [0.2, 0.25) is 11.8 Å². The summed E-state index contributed by atoms with van der Waals surface area (Å²) in [6, 6.07) is -0.808. The maximum Gasteiger partial charge on any atom is 0.329 e. The number of nitrogens with one attached hydrogen (secondary N) is 1. The Morgan fingerprint density at radius 2 is 2.00 bits per heavy atom. The largest absolute Gasteiger partial charge is 0.460 e. The zero-order valence-corrected chi connectivity index (χ0v) is 22.3. The van der Waals surface area contributed by atoms with Crippen LogP contribution in [-0.2, 0) is 20.7 Å². The Morgan fingerprint density at radius 1 is 1.24 bits per heavy atom. The summed E-state index contributed by atoms with van der Waals surface area (Å²) < 4.78 is 25.5. The van der Waals surface area contributed by atoms with Gasteiger partial charge in [-0.25, -0.2) is 9.18 Å².